The van der Waals surface area contributed by atoms with E-state index in [2.05, 4.69) is 39.1 Å². The SMILES string of the molecule is CC(C)c1ccc(NC(=O)Cn2ncc3c(N4CCCC4)ncnc32)cc1. The van der Waals surface area contributed by atoms with Crippen LogP contribution in [0.25, 0.3) is 11.0 Å². The molecule has 4 rings (SSSR count). The van der Waals surface area contributed by atoms with Gasteiger partial charge in [0.25, 0.3) is 0 Å². The Kier molecular flexibility index (Phi) is 4.75. The standard InChI is InChI=1S/C20H24N6O/c1-14(2)15-5-7-16(8-6-15)24-18(27)12-26-20-17(11-23-26)19(21-13-22-20)25-9-3-4-10-25/h5-8,11,13-14H,3-4,9-10,12H2,1-2H3,(H,24,27). The van der Waals surface area contributed by atoms with E-state index in [1.54, 1.807) is 17.2 Å². The molecule has 0 bridgehead atoms. The zero-order valence-corrected chi connectivity index (χ0v) is 15.7. The van der Waals surface area contributed by atoms with Crippen LogP contribution in [-0.4, -0.2) is 38.7 Å². The van der Waals surface area contributed by atoms with Crippen molar-refractivity contribution in [1.82, 2.24) is 19.7 Å². The maximum atomic E-state index is 12.5. The van der Waals surface area contributed by atoms with E-state index in [1.807, 2.05) is 24.3 Å². The zero-order chi connectivity index (χ0) is 18.8. The molecule has 1 aromatic carbocycles. The van der Waals surface area contributed by atoms with Crippen molar-refractivity contribution in [1.29, 1.82) is 0 Å². The Morgan fingerprint density at radius 2 is 1.89 bits per heavy atom. The normalized spacial score (nSPS) is 14.3. The fourth-order valence-electron chi connectivity index (χ4n) is 3.47. The van der Waals surface area contributed by atoms with Crippen LogP contribution < -0.4 is 10.2 Å². The minimum Gasteiger partial charge on any atom is -0.356 e. The summed E-state index contributed by atoms with van der Waals surface area (Å²) in [6.07, 6.45) is 5.67. The predicted octanol–water partition coefficient (Wildman–Crippen LogP) is 3.19. The second kappa shape index (κ2) is 7.34. The first-order chi connectivity index (χ1) is 13.1. The number of rotatable bonds is 5. The van der Waals surface area contributed by atoms with Crippen LogP contribution in [0.2, 0.25) is 0 Å². The molecule has 0 radical (unpaired) electrons. The number of fused-ring (bicyclic) bond motifs is 1. The summed E-state index contributed by atoms with van der Waals surface area (Å²) in [6, 6.07) is 7.95. The van der Waals surface area contributed by atoms with Crippen molar-refractivity contribution >= 4 is 28.4 Å². The molecule has 0 spiro atoms. The molecular formula is C20H24N6O. The molecule has 1 aliphatic rings. The molecule has 1 amide bonds. The van der Waals surface area contributed by atoms with Crippen LogP contribution in [0.5, 0.6) is 0 Å². The summed E-state index contributed by atoms with van der Waals surface area (Å²) in [5.74, 6) is 1.25. The number of nitrogens with zero attached hydrogens (tertiary/aromatic N) is 5. The molecule has 1 saturated heterocycles. The van der Waals surface area contributed by atoms with Crippen molar-refractivity contribution in [2.45, 2.75) is 39.2 Å². The summed E-state index contributed by atoms with van der Waals surface area (Å²) >= 11 is 0. The monoisotopic (exact) mass is 364 g/mol. The number of carbonyl (C=O) groups is 1. The molecule has 1 aliphatic heterocycles. The first-order valence-electron chi connectivity index (χ1n) is 9.43. The first-order valence-corrected chi connectivity index (χ1v) is 9.43. The Morgan fingerprint density at radius 1 is 1.15 bits per heavy atom. The van der Waals surface area contributed by atoms with Crippen molar-refractivity contribution in [2.24, 2.45) is 0 Å². The topological polar surface area (TPSA) is 75.9 Å². The molecule has 2 aromatic heterocycles. The van der Waals surface area contributed by atoms with Crippen LogP contribution in [0.1, 0.15) is 38.2 Å². The van der Waals surface area contributed by atoms with Gasteiger partial charge in [0.05, 0.1) is 11.6 Å². The second-order valence-electron chi connectivity index (χ2n) is 7.26. The smallest absolute Gasteiger partial charge is 0.246 e. The van der Waals surface area contributed by atoms with E-state index in [0.717, 1.165) is 30.0 Å². The number of carbonyl (C=O) groups excluding carboxylic acids is 1. The highest BCUT2D eigenvalue weighted by atomic mass is 16.2. The Bertz CT molecular complexity index is 941. The molecular weight excluding hydrogens is 340 g/mol. The van der Waals surface area contributed by atoms with Crippen LogP contribution in [0.15, 0.2) is 36.8 Å². The largest absolute Gasteiger partial charge is 0.356 e. The van der Waals surface area contributed by atoms with Gasteiger partial charge in [-0.2, -0.15) is 5.10 Å². The number of anilines is 2. The Morgan fingerprint density at radius 3 is 2.59 bits per heavy atom. The number of nitrogens with one attached hydrogen (secondary N) is 1. The summed E-state index contributed by atoms with van der Waals surface area (Å²) in [5.41, 5.74) is 2.72. The number of amides is 1. The molecule has 27 heavy (non-hydrogen) atoms. The van der Waals surface area contributed by atoms with Crippen LogP contribution in [-0.2, 0) is 11.3 Å². The van der Waals surface area contributed by atoms with Gasteiger partial charge in [-0.25, -0.2) is 14.6 Å². The molecule has 3 aromatic rings. The zero-order valence-electron chi connectivity index (χ0n) is 15.7. The van der Waals surface area contributed by atoms with Crippen LogP contribution >= 0.6 is 0 Å². The lowest BCUT2D eigenvalue weighted by molar-refractivity contribution is -0.116. The maximum absolute atomic E-state index is 12.5. The Balaban J connectivity index is 1.49. The Hall–Kier alpha value is -2.96. The average Bonchev–Trinajstić information content (AvgIpc) is 3.32. The van der Waals surface area contributed by atoms with E-state index >= 15 is 0 Å². The molecule has 0 atom stereocenters. The van der Waals surface area contributed by atoms with Gasteiger partial charge < -0.3 is 10.2 Å². The summed E-state index contributed by atoms with van der Waals surface area (Å²) in [7, 11) is 0. The van der Waals surface area contributed by atoms with Gasteiger partial charge in [0.15, 0.2) is 5.65 Å². The molecule has 7 heteroatoms. The van der Waals surface area contributed by atoms with E-state index < -0.39 is 0 Å². The number of hydrogen-bond acceptors (Lipinski definition) is 5. The van der Waals surface area contributed by atoms with Gasteiger partial charge >= 0.3 is 0 Å². The summed E-state index contributed by atoms with van der Waals surface area (Å²) in [4.78, 5) is 23.5. The second-order valence-corrected chi connectivity index (χ2v) is 7.26. The van der Waals surface area contributed by atoms with E-state index in [4.69, 9.17) is 0 Å². The highest BCUT2D eigenvalue weighted by Gasteiger charge is 2.19. The fraction of sp³-hybridized carbons (Fsp3) is 0.400. The van der Waals surface area contributed by atoms with E-state index in [0.29, 0.717) is 11.6 Å². The summed E-state index contributed by atoms with van der Waals surface area (Å²) < 4.78 is 1.63. The first kappa shape index (κ1) is 17.5. The molecule has 1 fully saturated rings. The van der Waals surface area contributed by atoms with Crippen LogP contribution in [0, 0.1) is 0 Å². The maximum Gasteiger partial charge on any atom is 0.246 e. The van der Waals surface area contributed by atoms with Crippen LogP contribution in [0.4, 0.5) is 11.5 Å². The predicted molar refractivity (Wildman–Crippen MR) is 106 cm³/mol. The van der Waals surface area contributed by atoms with E-state index in [9.17, 15) is 4.79 Å². The fourth-order valence-corrected chi connectivity index (χ4v) is 3.47. The molecule has 0 unspecified atom stereocenters. The van der Waals surface area contributed by atoms with Crippen molar-refractivity contribution in [3.63, 3.8) is 0 Å². The highest BCUT2D eigenvalue weighted by Crippen LogP contribution is 2.25. The van der Waals surface area contributed by atoms with Gasteiger partial charge in [0.2, 0.25) is 5.91 Å². The van der Waals surface area contributed by atoms with E-state index in [1.165, 1.54) is 18.4 Å². The third-order valence-electron chi connectivity index (χ3n) is 4.97. The molecule has 0 saturated carbocycles. The third-order valence-corrected chi connectivity index (χ3v) is 4.97. The molecule has 140 valence electrons. The van der Waals surface area contributed by atoms with Crippen molar-refractivity contribution in [3.8, 4) is 0 Å². The quantitative estimate of drug-likeness (QED) is 0.752. The lowest BCUT2D eigenvalue weighted by Crippen LogP contribution is -2.20. The third kappa shape index (κ3) is 3.63. The van der Waals surface area contributed by atoms with Gasteiger partial charge in [0, 0.05) is 18.8 Å². The van der Waals surface area contributed by atoms with Crippen molar-refractivity contribution < 1.29 is 4.79 Å². The number of benzene rings is 1. The summed E-state index contributed by atoms with van der Waals surface area (Å²) in [6.45, 7) is 6.42. The molecule has 3 heterocycles. The van der Waals surface area contributed by atoms with Crippen molar-refractivity contribution in [2.75, 3.05) is 23.3 Å². The van der Waals surface area contributed by atoms with Gasteiger partial charge in [-0.05, 0) is 36.5 Å². The Labute approximate surface area is 158 Å². The summed E-state index contributed by atoms with van der Waals surface area (Å²) in [5, 5.41) is 8.20. The number of hydrogen-bond donors (Lipinski definition) is 1. The van der Waals surface area contributed by atoms with Crippen LogP contribution in [0.3, 0.4) is 0 Å². The van der Waals surface area contributed by atoms with Gasteiger partial charge in [-0.1, -0.05) is 26.0 Å². The lowest BCUT2D eigenvalue weighted by atomic mass is 10.0. The lowest BCUT2D eigenvalue weighted by Gasteiger charge is -2.16. The van der Waals surface area contributed by atoms with Gasteiger partial charge in [-0.3, -0.25) is 4.79 Å². The van der Waals surface area contributed by atoms with Gasteiger partial charge in [0.1, 0.15) is 18.7 Å². The molecule has 1 N–H and O–H groups in total. The molecule has 0 aliphatic carbocycles. The van der Waals surface area contributed by atoms with E-state index in [-0.39, 0.29) is 12.5 Å². The highest BCUT2D eigenvalue weighted by molar-refractivity contribution is 5.92. The minimum absolute atomic E-state index is 0.117. The average molecular weight is 364 g/mol. The van der Waals surface area contributed by atoms with Gasteiger partial charge in [-0.15, -0.1) is 0 Å². The minimum atomic E-state index is -0.126. The number of aromatic nitrogens is 4. The molecule has 7 nitrogen and oxygen atoms in total. The van der Waals surface area contributed by atoms with Crippen molar-refractivity contribution in [3.05, 3.63) is 42.4 Å².